The minimum atomic E-state index is 0.691. The molecule has 4 heteroatoms. The third-order valence-electron chi connectivity index (χ3n) is 3.56. The zero-order valence-corrected chi connectivity index (χ0v) is 13.1. The molecule has 3 aromatic rings. The molecule has 3 nitrogen and oxygen atoms in total. The Kier molecular flexibility index (Phi) is 3.99. The number of nitrogens with two attached hydrogens (primary N) is 1. The molecule has 0 atom stereocenters. The molecule has 0 bridgehead atoms. The van der Waals surface area contributed by atoms with Crippen molar-refractivity contribution >= 4 is 22.8 Å². The second kappa shape index (κ2) is 5.92. The minimum Gasteiger partial charge on any atom is -0.333 e. The van der Waals surface area contributed by atoms with E-state index in [9.17, 15) is 0 Å². The molecule has 0 fully saturated rings. The number of nitrogens with one attached hydrogen (secondary N) is 1. The van der Waals surface area contributed by atoms with Crippen molar-refractivity contribution in [1.29, 1.82) is 0 Å². The van der Waals surface area contributed by atoms with Gasteiger partial charge in [-0.2, -0.15) is 0 Å². The van der Waals surface area contributed by atoms with Gasteiger partial charge in [0.2, 0.25) is 0 Å². The first-order valence-electron chi connectivity index (χ1n) is 7.09. The van der Waals surface area contributed by atoms with Crippen LogP contribution >= 0.6 is 11.8 Å². The lowest BCUT2D eigenvalue weighted by molar-refractivity contribution is 0.954. The van der Waals surface area contributed by atoms with Gasteiger partial charge in [0, 0.05) is 4.90 Å². The summed E-state index contributed by atoms with van der Waals surface area (Å²) in [5.41, 5.74) is 11.6. The van der Waals surface area contributed by atoms with Crippen molar-refractivity contribution in [2.24, 2.45) is 5.73 Å². The van der Waals surface area contributed by atoms with Crippen LogP contribution in [0.1, 0.15) is 16.7 Å². The third kappa shape index (κ3) is 3.12. The van der Waals surface area contributed by atoms with Crippen LogP contribution in [0.3, 0.4) is 0 Å². The topological polar surface area (TPSA) is 54.7 Å². The monoisotopic (exact) mass is 297 g/mol. The van der Waals surface area contributed by atoms with Crippen LogP contribution in [0.25, 0.3) is 11.0 Å². The van der Waals surface area contributed by atoms with Gasteiger partial charge in [-0.25, -0.2) is 4.98 Å². The summed E-state index contributed by atoms with van der Waals surface area (Å²) in [6.45, 7) is 4.92. The number of benzene rings is 2. The molecule has 3 rings (SSSR count). The lowest BCUT2D eigenvalue weighted by atomic mass is 10.1. The smallest absolute Gasteiger partial charge is 0.171 e. The molecule has 0 unspecified atom stereocenters. The Labute approximate surface area is 129 Å². The van der Waals surface area contributed by atoms with E-state index >= 15 is 0 Å². The van der Waals surface area contributed by atoms with Crippen molar-refractivity contribution in [2.75, 3.05) is 6.54 Å². The van der Waals surface area contributed by atoms with Crippen LogP contribution in [0.15, 0.2) is 46.5 Å². The number of aromatic amines is 1. The molecule has 0 radical (unpaired) electrons. The second-order valence-electron chi connectivity index (χ2n) is 5.29. The summed E-state index contributed by atoms with van der Waals surface area (Å²) < 4.78 is 0. The summed E-state index contributed by atoms with van der Waals surface area (Å²) in [5.74, 6) is 0. The molecule has 0 spiro atoms. The number of aromatic nitrogens is 2. The van der Waals surface area contributed by atoms with Gasteiger partial charge < -0.3 is 10.7 Å². The average Bonchev–Trinajstić information content (AvgIpc) is 2.83. The molecule has 0 aliphatic carbocycles. The van der Waals surface area contributed by atoms with Gasteiger partial charge in [0.1, 0.15) is 0 Å². The van der Waals surface area contributed by atoms with Crippen molar-refractivity contribution in [3.8, 4) is 0 Å². The third-order valence-corrected chi connectivity index (χ3v) is 4.43. The summed E-state index contributed by atoms with van der Waals surface area (Å²) in [6, 6.07) is 12.8. The summed E-state index contributed by atoms with van der Waals surface area (Å²) >= 11 is 1.66. The van der Waals surface area contributed by atoms with Gasteiger partial charge >= 0.3 is 0 Å². The van der Waals surface area contributed by atoms with Crippen molar-refractivity contribution in [3.63, 3.8) is 0 Å². The van der Waals surface area contributed by atoms with Gasteiger partial charge in [0.25, 0.3) is 0 Å². The highest BCUT2D eigenvalue weighted by atomic mass is 32.2. The highest BCUT2D eigenvalue weighted by Crippen LogP contribution is 2.29. The SMILES string of the molecule is Cc1ccc2nc(Sc3ccc(CCN)c(C)c3)[nH]c2c1. The van der Waals surface area contributed by atoms with Crippen LogP contribution in [0.4, 0.5) is 0 Å². The molecular formula is C17H19N3S. The van der Waals surface area contributed by atoms with Crippen LogP contribution < -0.4 is 5.73 Å². The van der Waals surface area contributed by atoms with E-state index in [4.69, 9.17) is 5.73 Å². The number of imidazole rings is 1. The van der Waals surface area contributed by atoms with E-state index in [0.717, 1.165) is 22.6 Å². The zero-order valence-electron chi connectivity index (χ0n) is 12.3. The summed E-state index contributed by atoms with van der Waals surface area (Å²) in [7, 11) is 0. The first-order chi connectivity index (χ1) is 10.2. The van der Waals surface area contributed by atoms with E-state index in [2.05, 4.69) is 60.2 Å². The predicted molar refractivity (Wildman–Crippen MR) is 88.9 cm³/mol. The van der Waals surface area contributed by atoms with Gasteiger partial charge in [-0.15, -0.1) is 0 Å². The fraction of sp³-hybridized carbons (Fsp3) is 0.235. The van der Waals surface area contributed by atoms with Gasteiger partial charge in [-0.3, -0.25) is 0 Å². The molecule has 0 aliphatic heterocycles. The van der Waals surface area contributed by atoms with Crippen LogP contribution in [0.2, 0.25) is 0 Å². The molecule has 0 amide bonds. The van der Waals surface area contributed by atoms with Crippen LogP contribution in [0, 0.1) is 13.8 Å². The van der Waals surface area contributed by atoms with Crippen molar-refractivity contribution in [1.82, 2.24) is 9.97 Å². The number of aryl methyl sites for hydroxylation is 2. The molecule has 108 valence electrons. The molecule has 1 aromatic heterocycles. The van der Waals surface area contributed by atoms with Gasteiger partial charge in [-0.1, -0.05) is 23.9 Å². The molecule has 1 heterocycles. The maximum Gasteiger partial charge on any atom is 0.171 e. The molecule has 2 aromatic carbocycles. The average molecular weight is 297 g/mol. The Balaban J connectivity index is 1.86. The lowest BCUT2D eigenvalue weighted by Gasteiger charge is -2.06. The van der Waals surface area contributed by atoms with E-state index < -0.39 is 0 Å². The van der Waals surface area contributed by atoms with E-state index in [1.807, 2.05) is 0 Å². The van der Waals surface area contributed by atoms with Gasteiger partial charge in [0.15, 0.2) is 5.16 Å². The Hall–Kier alpha value is -1.78. The second-order valence-corrected chi connectivity index (χ2v) is 6.35. The van der Waals surface area contributed by atoms with E-state index in [1.54, 1.807) is 11.8 Å². The minimum absolute atomic E-state index is 0.691. The maximum atomic E-state index is 5.63. The first-order valence-corrected chi connectivity index (χ1v) is 7.91. The quantitative estimate of drug-likeness (QED) is 0.769. The maximum absolute atomic E-state index is 5.63. The predicted octanol–water partition coefficient (Wildman–Crippen LogP) is 3.83. The largest absolute Gasteiger partial charge is 0.333 e. The highest BCUT2D eigenvalue weighted by molar-refractivity contribution is 7.99. The molecule has 0 saturated carbocycles. The number of rotatable bonds is 4. The van der Waals surface area contributed by atoms with Crippen molar-refractivity contribution < 1.29 is 0 Å². The fourth-order valence-corrected chi connectivity index (χ4v) is 3.33. The van der Waals surface area contributed by atoms with Crippen molar-refractivity contribution in [2.45, 2.75) is 30.3 Å². The Morgan fingerprint density at radius 2 is 2.00 bits per heavy atom. The Morgan fingerprint density at radius 1 is 1.14 bits per heavy atom. The number of fused-ring (bicyclic) bond motifs is 1. The molecular weight excluding hydrogens is 278 g/mol. The van der Waals surface area contributed by atoms with E-state index in [1.165, 1.54) is 21.6 Å². The van der Waals surface area contributed by atoms with Crippen LogP contribution in [-0.2, 0) is 6.42 Å². The molecule has 0 aliphatic rings. The number of hydrogen-bond acceptors (Lipinski definition) is 3. The summed E-state index contributed by atoms with van der Waals surface area (Å²) in [4.78, 5) is 9.20. The lowest BCUT2D eigenvalue weighted by Crippen LogP contribution is -2.03. The standard InChI is InChI=1S/C17H19N3S/c1-11-3-6-15-16(9-11)20-17(19-15)21-14-5-4-13(7-8-18)12(2)10-14/h3-6,9-10H,7-8,18H2,1-2H3,(H,19,20). The van der Waals surface area contributed by atoms with Crippen molar-refractivity contribution in [3.05, 3.63) is 53.1 Å². The van der Waals surface area contributed by atoms with Gasteiger partial charge in [-0.05, 0) is 67.8 Å². The number of nitrogens with zero attached hydrogens (tertiary/aromatic N) is 1. The number of H-pyrrole nitrogens is 1. The Bertz CT molecular complexity index is 777. The summed E-state index contributed by atoms with van der Waals surface area (Å²) in [6.07, 6.45) is 0.931. The van der Waals surface area contributed by atoms with Crippen LogP contribution in [0.5, 0.6) is 0 Å². The highest BCUT2D eigenvalue weighted by Gasteiger charge is 2.06. The summed E-state index contributed by atoms with van der Waals surface area (Å²) in [5, 5.41) is 0.932. The fourth-order valence-electron chi connectivity index (χ4n) is 2.43. The first kappa shape index (κ1) is 14.2. The molecule has 21 heavy (non-hydrogen) atoms. The zero-order chi connectivity index (χ0) is 14.8. The van der Waals surface area contributed by atoms with Gasteiger partial charge in [0.05, 0.1) is 11.0 Å². The molecule has 3 N–H and O–H groups in total. The van der Waals surface area contributed by atoms with E-state index in [-0.39, 0.29) is 0 Å². The van der Waals surface area contributed by atoms with E-state index in [0.29, 0.717) is 6.54 Å². The normalized spacial score (nSPS) is 11.2. The Morgan fingerprint density at radius 3 is 2.76 bits per heavy atom. The molecule has 0 saturated heterocycles. The number of hydrogen-bond donors (Lipinski definition) is 2. The van der Waals surface area contributed by atoms with Crippen LogP contribution in [-0.4, -0.2) is 16.5 Å².